The molecule has 1 aromatic heterocycles. The van der Waals surface area contributed by atoms with Crippen molar-refractivity contribution in [3.8, 4) is 0 Å². The van der Waals surface area contributed by atoms with E-state index in [-0.39, 0.29) is 5.56 Å². The predicted molar refractivity (Wildman–Crippen MR) is 59.4 cm³/mol. The third-order valence-electron chi connectivity index (χ3n) is 2.14. The molecule has 6 heteroatoms. The molecule has 0 unspecified atom stereocenters. The molecule has 6 nitrogen and oxygen atoms in total. The lowest BCUT2D eigenvalue weighted by Crippen LogP contribution is -2.53. The van der Waals surface area contributed by atoms with E-state index in [0.29, 0.717) is 5.69 Å². The lowest BCUT2D eigenvalue weighted by Gasteiger charge is -2.22. The maximum absolute atomic E-state index is 11.7. The van der Waals surface area contributed by atoms with Crippen molar-refractivity contribution in [3.63, 3.8) is 0 Å². The minimum absolute atomic E-state index is 0.219. The molecule has 1 rings (SSSR count). The molecule has 5 N–H and O–H groups in total. The Kier molecular flexibility index (Phi) is 3.12. The van der Waals surface area contributed by atoms with Gasteiger partial charge in [0.05, 0.1) is 5.56 Å². The lowest BCUT2D eigenvalue weighted by molar-refractivity contribution is -0.122. The molecule has 2 amide bonds. The summed E-state index contributed by atoms with van der Waals surface area (Å²) in [6, 6.07) is 1.51. The first-order chi connectivity index (χ1) is 7.34. The van der Waals surface area contributed by atoms with E-state index in [1.165, 1.54) is 32.3 Å². The molecule has 0 fully saturated rings. The smallest absolute Gasteiger partial charge is 0.255 e. The Bertz CT molecular complexity index is 429. The molecule has 0 saturated heterocycles. The van der Waals surface area contributed by atoms with E-state index in [0.717, 1.165) is 0 Å². The number of nitrogens with zero attached hydrogens (tertiary/aromatic N) is 1. The van der Waals surface area contributed by atoms with Crippen LogP contribution < -0.4 is 16.8 Å². The molecule has 16 heavy (non-hydrogen) atoms. The second-order valence-corrected chi connectivity index (χ2v) is 3.91. The van der Waals surface area contributed by atoms with Gasteiger partial charge in [0.15, 0.2) is 0 Å². The zero-order valence-corrected chi connectivity index (χ0v) is 9.15. The van der Waals surface area contributed by atoms with Gasteiger partial charge >= 0.3 is 0 Å². The number of hydrogen-bond donors (Lipinski definition) is 3. The van der Waals surface area contributed by atoms with E-state index < -0.39 is 17.4 Å². The van der Waals surface area contributed by atoms with Crippen LogP contribution in [0.3, 0.4) is 0 Å². The van der Waals surface area contributed by atoms with Gasteiger partial charge in [-0.25, -0.2) is 0 Å². The number of primary amides is 1. The fraction of sp³-hybridized carbons (Fsp3) is 0.300. The van der Waals surface area contributed by atoms with Gasteiger partial charge in [0.1, 0.15) is 5.54 Å². The van der Waals surface area contributed by atoms with Crippen molar-refractivity contribution >= 4 is 17.5 Å². The zero-order valence-electron chi connectivity index (χ0n) is 9.15. The Morgan fingerprint density at radius 3 is 2.56 bits per heavy atom. The molecule has 86 valence electrons. The maximum Gasteiger partial charge on any atom is 0.255 e. The Morgan fingerprint density at radius 1 is 1.44 bits per heavy atom. The van der Waals surface area contributed by atoms with Crippen LogP contribution in [0.15, 0.2) is 18.5 Å². The summed E-state index contributed by atoms with van der Waals surface area (Å²) in [7, 11) is 0. The molecule has 0 aliphatic carbocycles. The number of rotatable bonds is 3. The van der Waals surface area contributed by atoms with Gasteiger partial charge in [-0.3, -0.25) is 14.6 Å². The van der Waals surface area contributed by atoms with Crippen LogP contribution in [0.2, 0.25) is 0 Å². The number of nitrogen functional groups attached to an aromatic ring is 1. The lowest BCUT2D eigenvalue weighted by atomic mass is 10.0. The monoisotopic (exact) mass is 222 g/mol. The van der Waals surface area contributed by atoms with E-state index in [2.05, 4.69) is 10.3 Å². The number of nitrogens with one attached hydrogen (secondary N) is 1. The molecule has 1 heterocycles. The van der Waals surface area contributed by atoms with Crippen LogP contribution in [0.25, 0.3) is 0 Å². The number of pyridine rings is 1. The molecule has 0 radical (unpaired) electrons. The van der Waals surface area contributed by atoms with Crippen molar-refractivity contribution in [2.75, 3.05) is 5.73 Å². The normalized spacial score (nSPS) is 10.9. The third kappa shape index (κ3) is 2.47. The molecule has 1 aromatic rings. The predicted octanol–water partition coefficient (Wildman–Crippen LogP) is -0.342. The van der Waals surface area contributed by atoms with Gasteiger partial charge in [-0.15, -0.1) is 0 Å². The molecule has 0 atom stereocenters. The van der Waals surface area contributed by atoms with E-state index in [1.807, 2.05) is 0 Å². The first kappa shape index (κ1) is 12.0. The van der Waals surface area contributed by atoms with Gasteiger partial charge < -0.3 is 16.8 Å². The van der Waals surface area contributed by atoms with Gasteiger partial charge in [-0.1, -0.05) is 0 Å². The molecule has 0 spiro atoms. The van der Waals surface area contributed by atoms with Crippen LogP contribution >= 0.6 is 0 Å². The SMILES string of the molecule is CC(C)(NC(=O)c1cnccc1N)C(N)=O. The average Bonchev–Trinajstić information content (AvgIpc) is 2.17. The van der Waals surface area contributed by atoms with Gasteiger partial charge in [0.25, 0.3) is 5.91 Å². The first-order valence-electron chi connectivity index (χ1n) is 4.66. The van der Waals surface area contributed by atoms with E-state index >= 15 is 0 Å². The Balaban J connectivity index is 2.89. The van der Waals surface area contributed by atoms with Crippen molar-refractivity contribution in [2.24, 2.45) is 5.73 Å². The van der Waals surface area contributed by atoms with E-state index in [1.54, 1.807) is 0 Å². The summed E-state index contributed by atoms with van der Waals surface area (Å²) in [5.41, 5.74) is 10.1. The van der Waals surface area contributed by atoms with Crippen molar-refractivity contribution in [3.05, 3.63) is 24.0 Å². The number of amides is 2. The number of aromatic nitrogens is 1. The topological polar surface area (TPSA) is 111 Å². The number of nitrogens with two attached hydrogens (primary N) is 2. The van der Waals surface area contributed by atoms with Crippen LogP contribution in [0.4, 0.5) is 5.69 Å². The minimum atomic E-state index is -1.13. The van der Waals surface area contributed by atoms with Crippen molar-refractivity contribution in [1.82, 2.24) is 10.3 Å². The molecule has 0 aliphatic rings. The zero-order chi connectivity index (χ0) is 12.3. The van der Waals surface area contributed by atoms with Crippen molar-refractivity contribution in [1.29, 1.82) is 0 Å². The second kappa shape index (κ2) is 4.18. The molecule has 0 bridgehead atoms. The third-order valence-corrected chi connectivity index (χ3v) is 2.14. The molecule has 0 aromatic carbocycles. The van der Waals surface area contributed by atoms with Crippen LogP contribution in [0.5, 0.6) is 0 Å². The van der Waals surface area contributed by atoms with Crippen molar-refractivity contribution < 1.29 is 9.59 Å². The maximum atomic E-state index is 11.7. The Hall–Kier alpha value is -2.11. The van der Waals surface area contributed by atoms with Crippen LogP contribution in [0.1, 0.15) is 24.2 Å². The van der Waals surface area contributed by atoms with Gasteiger partial charge in [-0.2, -0.15) is 0 Å². The molecular weight excluding hydrogens is 208 g/mol. The Morgan fingerprint density at radius 2 is 2.06 bits per heavy atom. The summed E-state index contributed by atoms with van der Waals surface area (Å²) in [5.74, 6) is -1.10. The summed E-state index contributed by atoms with van der Waals surface area (Å²) in [6.07, 6.45) is 2.81. The average molecular weight is 222 g/mol. The van der Waals surface area contributed by atoms with Crippen LogP contribution in [0, 0.1) is 0 Å². The van der Waals surface area contributed by atoms with Gasteiger partial charge in [0.2, 0.25) is 5.91 Å². The highest BCUT2D eigenvalue weighted by molar-refractivity contribution is 6.01. The number of anilines is 1. The standard InChI is InChI=1S/C10H14N4O2/c1-10(2,9(12)16)14-8(15)6-5-13-4-3-7(6)11/h3-5H,1-2H3,(H2,11,13)(H2,12,16)(H,14,15). The van der Waals surface area contributed by atoms with E-state index in [4.69, 9.17) is 11.5 Å². The summed E-state index contributed by atoms with van der Waals surface area (Å²) >= 11 is 0. The first-order valence-corrected chi connectivity index (χ1v) is 4.66. The minimum Gasteiger partial charge on any atom is -0.398 e. The van der Waals surface area contributed by atoms with Gasteiger partial charge in [0, 0.05) is 18.1 Å². The summed E-state index contributed by atoms with van der Waals surface area (Å²) < 4.78 is 0. The van der Waals surface area contributed by atoms with E-state index in [9.17, 15) is 9.59 Å². The number of carbonyl (C=O) groups excluding carboxylic acids is 2. The summed E-state index contributed by atoms with van der Waals surface area (Å²) in [6.45, 7) is 3.03. The van der Waals surface area contributed by atoms with Gasteiger partial charge in [-0.05, 0) is 19.9 Å². The fourth-order valence-corrected chi connectivity index (χ4v) is 1.01. The molecule has 0 aliphatic heterocycles. The molecule has 0 saturated carbocycles. The molecular formula is C10H14N4O2. The highest BCUT2D eigenvalue weighted by Crippen LogP contribution is 2.10. The highest BCUT2D eigenvalue weighted by Gasteiger charge is 2.27. The highest BCUT2D eigenvalue weighted by atomic mass is 16.2. The van der Waals surface area contributed by atoms with Crippen molar-refractivity contribution in [2.45, 2.75) is 19.4 Å². The quantitative estimate of drug-likeness (QED) is 0.649. The van der Waals surface area contributed by atoms with Crippen LogP contribution in [-0.4, -0.2) is 22.3 Å². The summed E-state index contributed by atoms with van der Waals surface area (Å²) in [4.78, 5) is 26.6. The number of hydrogen-bond acceptors (Lipinski definition) is 4. The Labute approximate surface area is 93.0 Å². The van der Waals surface area contributed by atoms with Crippen LogP contribution in [-0.2, 0) is 4.79 Å². The number of carbonyl (C=O) groups is 2. The second-order valence-electron chi connectivity index (χ2n) is 3.91. The summed E-state index contributed by atoms with van der Waals surface area (Å²) in [5, 5.41) is 2.48. The largest absolute Gasteiger partial charge is 0.398 e. The fourth-order valence-electron chi connectivity index (χ4n) is 1.01.